The molecule has 8 heteroatoms. The zero-order valence-corrected chi connectivity index (χ0v) is 18.0. The van der Waals surface area contributed by atoms with Gasteiger partial charge in [-0.15, -0.1) is 11.3 Å². The van der Waals surface area contributed by atoms with Crippen LogP contribution in [0, 0.1) is 6.92 Å². The highest BCUT2D eigenvalue weighted by atomic mass is 32.1. The maximum atomic E-state index is 12.6. The molecule has 2 amide bonds. The van der Waals surface area contributed by atoms with E-state index in [1.165, 1.54) is 29.7 Å². The Morgan fingerprint density at radius 3 is 2.53 bits per heavy atom. The molecule has 158 valence electrons. The molecular weight excluding hydrogens is 400 g/mol. The van der Waals surface area contributed by atoms with Crippen molar-refractivity contribution in [2.75, 3.05) is 44.7 Å². The van der Waals surface area contributed by atoms with Crippen LogP contribution >= 0.6 is 11.3 Å². The number of methoxy groups -OCH3 is 1. The van der Waals surface area contributed by atoms with E-state index in [4.69, 9.17) is 4.74 Å². The van der Waals surface area contributed by atoms with Crippen LogP contribution in [0.1, 0.15) is 16.5 Å². The monoisotopic (exact) mass is 426 g/mol. The van der Waals surface area contributed by atoms with E-state index in [-0.39, 0.29) is 6.03 Å². The number of carbonyl (C=O) groups is 2. The molecule has 0 aliphatic carbocycles. The predicted molar refractivity (Wildman–Crippen MR) is 118 cm³/mol. The molecule has 0 radical (unpaired) electrons. The first-order valence-corrected chi connectivity index (χ1v) is 10.9. The Kier molecular flexibility index (Phi) is 6.06. The van der Waals surface area contributed by atoms with Crippen molar-refractivity contribution in [3.05, 3.63) is 63.5 Å². The predicted octanol–water partition coefficient (Wildman–Crippen LogP) is 2.66. The van der Waals surface area contributed by atoms with Gasteiger partial charge in [0.2, 0.25) is 0 Å². The lowest BCUT2D eigenvalue weighted by molar-refractivity contribution is -0.136. The molecule has 1 aromatic heterocycles. The third-order valence-corrected chi connectivity index (χ3v) is 6.48. The zero-order valence-electron chi connectivity index (χ0n) is 17.2. The Hall–Kier alpha value is -2.84. The normalized spacial score (nSPS) is 20.0. The summed E-state index contributed by atoms with van der Waals surface area (Å²) in [4.78, 5) is 30.4. The average Bonchev–Trinajstić information content (AvgIpc) is 3.29. The minimum Gasteiger partial charge on any atom is -0.466 e. The van der Waals surface area contributed by atoms with Gasteiger partial charge in [-0.3, -0.25) is 4.90 Å². The molecule has 2 N–H and O–H groups in total. The number of urea groups is 1. The molecule has 0 spiro atoms. The highest BCUT2D eigenvalue weighted by Gasteiger charge is 2.35. The third kappa shape index (κ3) is 4.34. The van der Waals surface area contributed by atoms with Crippen LogP contribution < -0.4 is 15.5 Å². The van der Waals surface area contributed by atoms with Crippen LogP contribution in [-0.4, -0.2) is 56.7 Å². The van der Waals surface area contributed by atoms with Crippen molar-refractivity contribution >= 4 is 29.0 Å². The molecule has 30 heavy (non-hydrogen) atoms. The minimum atomic E-state index is -0.491. The Morgan fingerprint density at radius 1 is 1.17 bits per heavy atom. The molecule has 1 aromatic carbocycles. The fourth-order valence-corrected chi connectivity index (χ4v) is 4.69. The van der Waals surface area contributed by atoms with Crippen molar-refractivity contribution in [1.82, 2.24) is 15.5 Å². The van der Waals surface area contributed by atoms with E-state index in [1.54, 1.807) is 0 Å². The summed E-state index contributed by atoms with van der Waals surface area (Å²) in [6.07, 6.45) is 0. The first-order valence-electron chi connectivity index (χ1n) is 10.0. The Balaban J connectivity index is 1.50. The second kappa shape index (κ2) is 8.89. The van der Waals surface area contributed by atoms with Gasteiger partial charge in [-0.1, -0.05) is 23.8 Å². The number of esters is 1. The van der Waals surface area contributed by atoms with E-state index in [9.17, 15) is 9.59 Å². The van der Waals surface area contributed by atoms with Gasteiger partial charge in [0, 0.05) is 49.0 Å². The van der Waals surface area contributed by atoms with Crippen LogP contribution in [0.25, 0.3) is 0 Å². The molecule has 1 atom stereocenters. The van der Waals surface area contributed by atoms with Crippen molar-refractivity contribution < 1.29 is 14.3 Å². The van der Waals surface area contributed by atoms with Crippen LogP contribution in [0.15, 0.2) is 53.0 Å². The van der Waals surface area contributed by atoms with Gasteiger partial charge < -0.3 is 20.3 Å². The van der Waals surface area contributed by atoms with Crippen LogP contribution in [0.3, 0.4) is 0 Å². The summed E-state index contributed by atoms with van der Waals surface area (Å²) in [6, 6.07) is 11.6. The van der Waals surface area contributed by atoms with Crippen LogP contribution in [-0.2, 0) is 9.53 Å². The second-order valence-electron chi connectivity index (χ2n) is 7.53. The van der Waals surface area contributed by atoms with Gasteiger partial charge in [0.1, 0.15) is 0 Å². The van der Waals surface area contributed by atoms with E-state index in [0.717, 1.165) is 31.1 Å². The lowest BCUT2D eigenvalue weighted by Crippen LogP contribution is -2.51. The molecule has 1 saturated heterocycles. The van der Waals surface area contributed by atoms with Crippen molar-refractivity contribution in [3.8, 4) is 0 Å². The minimum absolute atomic E-state index is 0.297. The first-order chi connectivity index (χ1) is 14.5. The number of benzene rings is 1. The molecule has 2 aliphatic rings. The largest absolute Gasteiger partial charge is 0.466 e. The van der Waals surface area contributed by atoms with E-state index >= 15 is 0 Å². The number of rotatable bonds is 5. The SMILES string of the molecule is COC(=O)C1=C(CN2CCN(c3ccc(C)cc3)CC2)NC(=O)N[C@H]1c1cccs1. The van der Waals surface area contributed by atoms with Crippen LogP contribution in [0.2, 0.25) is 0 Å². The molecule has 0 saturated carbocycles. The average molecular weight is 427 g/mol. The van der Waals surface area contributed by atoms with Gasteiger partial charge in [0.15, 0.2) is 0 Å². The standard InChI is InChI=1S/C22H26N4O3S/c1-15-5-7-16(8-6-15)26-11-9-25(10-12-26)14-17-19(21(27)29-2)20(24-22(28)23-17)18-4-3-13-30-18/h3-8,13,20H,9-12,14H2,1-2H3,(H2,23,24,28)/t20-/m0/s1. The number of hydrogen-bond acceptors (Lipinski definition) is 6. The quantitative estimate of drug-likeness (QED) is 0.719. The smallest absolute Gasteiger partial charge is 0.338 e. The first kappa shape index (κ1) is 20.4. The summed E-state index contributed by atoms with van der Waals surface area (Å²) in [5, 5.41) is 7.64. The number of carbonyl (C=O) groups excluding carboxylic acids is 2. The van der Waals surface area contributed by atoms with Crippen LogP contribution in [0.5, 0.6) is 0 Å². The fraction of sp³-hybridized carbons (Fsp3) is 0.364. The number of aryl methyl sites for hydroxylation is 1. The van der Waals surface area contributed by atoms with Crippen LogP contribution in [0.4, 0.5) is 10.5 Å². The lowest BCUT2D eigenvalue weighted by atomic mass is 10.0. The number of nitrogens with one attached hydrogen (secondary N) is 2. The molecular formula is C22H26N4O3S. The Bertz CT molecular complexity index is 932. The number of hydrogen-bond donors (Lipinski definition) is 2. The number of thiophene rings is 1. The highest BCUT2D eigenvalue weighted by molar-refractivity contribution is 7.10. The van der Waals surface area contributed by atoms with Gasteiger partial charge in [0.05, 0.1) is 18.7 Å². The number of ether oxygens (including phenoxy) is 1. The molecule has 2 aliphatic heterocycles. The van der Waals surface area contributed by atoms with E-state index in [1.807, 2.05) is 17.5 Å². The molecule has 0 unspecified atom stereocenters. The number of anilines is 1. The Labute approximate surface area is 180 Å². The summed E-state index contributed by atoms with van der Waals surface area (Å²) in [5.41, 5.74) is 3.57. The van der Waals surface area contributed by atoms with Crippen molar-refractivity contribution in [1.29, 1.82) is 0 Å². The van der Waals surface area contributed by atoms with Gasteiger partial charge in [0.25, 0.3) is 0 Å². The van der Waals surface area contributed by atoms with Crippen molar-refractivity contribution in [2.45, 2.75) is 13.0 Å². The maximum Gasteiger partial charge on any atom is 0.338 e. The molecule has 2 aromatic rings. The number of amides is 2. The van der Waals surface area contributed by atoms with Crippen molar-refractivity contribution in [3.63, 3.8) is 0 Å². The molecule has 3 heterocycles. The third-order valence-electron chi connectivity index (χ3n) is 5.54. The fourth-order valence-electron chi connectivity index (χ4n) is 3.91. The number of nitrogens with zero attached hydrogens (tertiary/aromatic N) is 2. The van der Waals surface area contributed by atoms with Gasteiger partial charge in [-0.05, 0) is 30.5 Å². The van der Waals surface area contributed by atoms with E-state index in [0.29, 0.717) is 17.8 Å². The summed E-state index contributed by atoms with van der Waals surface area (Å²) < 4.78 is 5.05. The molecule has 1 fully saturated rings. The molecule has 4 rings (SSSR count). The summed E-state index contributed by atoms with van der Waals surface area (Å²) in [6.45, 7) is 6.07. The topological polar surface area (TPSA) is 73.9 Å². The van der Waals surface area contributed by atoms with Gasteiger partial charge in [-0.2, -0.15) is 0 Å². The molecule has 0 bridgehead atoms. The summed E-state index contributed by atoms with van der Waals surface area (Å²) >= 11 is 1.51. The van der Waals surface area contributed by atoms with Crippen molar-refractivity contribution in [2.24, 2.45) is 0 Å². The zero-order chi connectivity index (χ0) is 21.1. The summed E-state index contributed by atoms with van der Waals surface area (Å²) in [7, 11) is 1.37. The summed E-state index contributed by atoms with van der Waals surface area (Å²) in [5.74, 6) is -0.422. The number of piperazine rings is 1. The van der Waals surface area contributed by atoms with E-state index < -0.39 is 12.0 Å². The Morgan fingerprint density at radius 2 is 1.90 bits per heavy atom. The maximum absolute atomic E-state index is 12.6. The second-order valence-corrected chi connectivity index (χ2v) is 8.51. The van der Waals surface area contributed by atoms with E-state index in [2.05, 4.69) is 51.6 Å². The molecule has 7 nitrogen and oxygen atoms in total. The highest BCUT2D eigenvalue weighted by Crippen LogP contribution is 2.31. The van der Waals surface area contributed by atoms with Gasteiger partial charge >= 0.3 is 12.0 Å². The van der Waals surface area contributed by atoms with Gasteiger partial charge in [-0.25, -0.2) is 9.59 Å². The lowest BCUT2D eigenvalue weighted by Gasteiger charge is -2.37.